The van der Waals surface area contributed by atoms with Crippen LogP contribution in [0.25, 0.3) is 11.8 Å². The van der Waals surface area contributed by atoms with Gasteiger partial charge in [-0.25, -0.2) is 4.68 Å². The van der Waals surface area contributed by atoms with Gasteiger partial charge in [-0.3, -0.25) is 9.59 Å². The second-order valence-corrected chi connectivity index (χ2v) is 6.90. The van der Waals surface area contributed by atoms with Gasteiger partial charge >= 0.3 is 0 Å². The van der Waals surface area contributed by atoms with Crippen LogP contribution in [0.2, 0.25) is 0 Å². The standard InChI is InChI=1S/C23H22N4O2/c1-24-23(29)17-13-10-16(11-14-17)12-15-21(28)25-22-19-8-5-9-20(19)26-27(22)18-6-3-2-4-7-18/h2-4,6-7,10-15H,5,8-9H2,1H3,(H,24,29)(H,25,28)/b15-12+. The van der Waals surface area contributed by atoms with Crippen LogP contribution >= 0.6 is 0 Å². The Hall–Kier alpha value is -3.67. The number of nitrogens with one attached hydrogen (secondary N) is 2. The Morgan fingerprint density at radius 1 is 1.03 bits per heavy atom. The minimum Gasteiger partial charge on any atom is -0.355 e. The SMILES string of the molecule is CNC(=O)c1ccc(/C=C/C(=O)Nc2c3c(nn2-c2ccccc2)CCC3)cc1. The normalized spacial score (nSPS) is 12.7. The van der Waals surface area contributed by atoms with E-state index in [2.05, 4.69) is 10.6 Å². The minimum atomic E-state index is -0.216. The van der Waals surface area contributed by atoms with Crippen LogP contribution in [0.15, 0.2) is 60.7 Å². The molecule has 0 fully saturated rings. The number of anilines is 1. The van der Waals surface area contributed by atoms with Gasteiger partial charge in [0.25, 0.3) is 5.91 Å². The number of carbonyl (C=O) groups is 2. The van der Waals surface area contributed by atoms with E-state index < -0.39 is 0 Å². The topological polar surface area (TPSA) is 76.0 Å². The Labute approximate surface area is 169 Å². The van der Waals surface area contributed by atoms with Crippen molar-refractivity contribution in [1.29, 1.82) is 0 Å². The predicted molar refractivity (Wildman–Crippen MR) is 113 cm³/mol. The van der Waals surface area contributed by atoms with E-state index in [1.165, 1.54) is 6.08 Å². The average molecular weight is 386 g/mol. The van der Waals surface area contributed by atoms with Crippen molar-refractivity contribution in [2.75, 3.05) is 12.4 Å². The van der Waals surface area contributed by atoms with Gasteiger partial charge in [0.15, 0.2) is 0 Å². The number of amides is 2. The summed E-state index contributed by atoms with van der Waals surface area (Å²) < 4.78 is 1.81. The highest BCUT2D eigenvalue weighted by molar-refractivity contribution is 6.02. The first kappa shape index (κ1) is 18.7. The molecule has 1 aliphatic carbocycles. The van der Waals surface area contributed by atoms with Crippen LogP contribution in [0.3, 0.4) is 0 Å². The molecule has 1 aliphatic rings. The molecule has 0 saturated carbocycles. The summed E-state index contributed by atoms with van der Waals surface area (Å²) in [6.07, 6.45) is 6.14. The summed E-state index contributed by atoms with van der Waals surface area (Å²) >= 11 is 0. The fraction of sp³-hybridized carbons (Fsp3) is 0.174. The number of aromatic nitrogens is 2. The number of carbonyl (C=O) groups excluding carboxylic acids is 2. The van der Waals surface area contributed by atoms with Crippen LogP contribution in [0.4, 0.5) is 5.82 Å². The third-order valence-electron chi connectivity index (χ3n) is 4.98. The van der Waals surface area contributed by atoms with Gasteiger partial charge in [-0.15, -0.1) is 0 Å². The van der Waals surface area contributed by atoms with Crippen LogP contribution in [-0.2, 0) is 17.6 Å². The lowest BCUT2D eigenvalue weighted by Crippen LogP contribution is -2.17. The lowest BCUT2D eigenvalue weighted by atomic mass is 10.1. The van der Waals surface area contributed by atoms with Crippen molar-refractivity contribution in [2.24, 2.45) is 0 Å². The lowest BCUT2D eigenvalue weighted by molar-refractivity contribution is -0.111. The van der Waals surface area contributed by atoms with Crippen LogP contribution in [-0.4, -0.2) is 28.6 Å². The molecule has 0 atom stereocenters. The Morgan fingerprint density at radius 3 is 2.52 bits per heavy atom. The van der Waals surface area contributed by atoms with Crippen LogP contribution in [0, 0.1) is 0 Å². The third-order valence-corrected chi connectivity index (χ3v) is 4.98. The Morgan fingerprint density at radius 2 is 1.79 bits per heavy atom. The van der Waals surface area contributed by atoms with Gasteiger partial charge in [0.05, 0.1) is 11.4 Å². The van der Waals surface area contributed by atoms with E-state index in [-0.39, 0.29) is 11.8 Å². The molecule has 2 amide bonds. The van der Waals surface area contributed by atoms with Crippen molar-refractivity contribution < 1.29 is 9.59 Å². The molecule has 0 aliphatic heterocycles. The lowest BCUT2D eigenvalue weighted by Gasteiger charge is -2.09. The summed E-state index contributed by atoms with van der Waals surface area (Å²) in [5.41, 5.74) is 4.51. The van der Waals surface area contributed by atoms with Gasteiger partial charge in [-0.1, -0.05) is 30.3 Å². The zero-order valence-electron chi connectivity index (χ0n) is 16.2. The first-order chi connectivity index (χ1) is 14.2. The summed E-state index contributed by atoms with van der Waals surface area (Å²) in [5, 5.41) is 10.3. The number of benzene rings is 2. The van der Waals surface area contributed by atoms with Crippen LogP contribution < -0.4 is 10.6 Å². The fourth-order valence-electron chi connectivity index (χ4n) is 3.50. The molecule has 3 aromatic rings. The van der Waals surface area contributed by atoms with Crippen LogP contribution in [0.1, 0.15) is 33.6 Å². The van der Waals surface area contributed by atoms with E-state index in [0.29, 0.717) is 5.56 Å². The van der Waals surface area contributed by atoms with Gasteiger partial charge in [0.2, 0.25) is 5.91 Å². The van der Waals surface area contributed by atoms with Crippen molar-refractivity contribution in [2.45, 2.75) is 19.3 Å². The highest BCUT2D eigenvalue weighted by atomic mass is 16.2. The highest BCUT2D eigenvalue weighted by Crippen LogP contribution is 2.30. The molecule has 0 unspecified atom stereocenters. The molecule has 1 heterocycles. The first-order valence-corrected chi connectivity index (χ1v) is 9.63. The fourth-order valence-corrected chi connectivity index (χ4v) is 3.50. The molecular formula is C23H22N4O2. The van der Waals surface area contributed by atoms with Crippen molar-refractivity contribution >= 4 is 23.7 Å². The maximum Gasteiger partial charge on any atom is 0.251 e. The van der Waals surface area contributed by atoms with E-state index in [1.807, 2.05) is 35.0 Å². The maximum absolute atomic E-state index is 12.6. The molecule has 2 N–H and O–H groups in total. The molecule has 146 valence electrons. The summed E-state index contributed by atoms with van der Waals surface area (Å²) in [5.74, 6) is 0.391. The van der Waals surface area contributed by atoms with E-state index in [4.69, 9.17) is 5.10 Å². The molecule has 0 bridgehead atoms. The Kier molecular flexibility index (Phi) is 5.24. The van der Waals surface area contributed by atoms with E-state index in [0.717, 1.165) is 47.6 Å². The van der Waals surface area contributed by atoms with Crippen molar-refractivity contribution in [1.82, 2.24) is 15.1 Å². The molecule has 4 rings (SSSR count). The first-order valence-electron chi connectivity index (χ1n) is 9.63. The minimum absolute atomic E-state index is 0.138. The Balaban J connectivity index is 1.53. The summed E-state index contributed by atoms with van der Waals surface area (Å²) in [6.45, 7) is 0. The number of nitrogens with zero attached hydrogens (tertiary/aromatic N) is 2. The molecule has 6 heteroatoms. The average Bonchev–Trinajstić information content (AvgIpc) is 3.35. The number of rotatable bonds is 5. The second kappa shape index (κ2) is 8.14. The van der Waals surface area contributed by atoms with Gasteiger partial charge < -0.3 is 10.6 Å². The van der Waals surface area contributed by atoms with E-state index in [1.54, 1.807) is 37.4 Å². The third kappa shape index (κ3) is 3.96. The van der Waals surface area contributed by atoms with Crippen molar-refractivity contribution in [3.63, 3.8) is 0 Å². The summed E-state index contributed by atoms with van der Waals surface area (Å²) in [7, 11) is 1.59. The number of aryl methyl sites for hydroxylation is 1. The monoisotopic (exact) mass is 386 g/mol. The molecule has 29 heavy (non-hydrogen) atoms. The summed E-state index contributed by atoms with van der Waals surface area (Å²) in [4.78, 5) is 24.2. The van der Waals surface area contributed by atoms with Crippen LogP contribution in [0.5, 0.6) is 0 Å². The van der Waals surface area contributed by atoms with E-state index >= 15 is 0 Å². The van der Waals surface area contributed by atoms with E-state index in [9.17, 15) is 9.59 Å². The number of para-hydroxylation sites is 1. The van der Waals surface area contributed by atoms with Gasteiger partial charge in [-0.05, 0) is 55.2 Å². The van der Waals surface area contributed by atoms with Gasteiger partial charge in [-0.2, -0.15) is 5.10 Å². The smallest absolute Gasteiger partial charge is 0.251 e. The largest absolute Gasteiger partial charge is 0.355 e. The van der Waals surface area contributed by atoms with Gasteiger partial charge in [0.1, 0.15) is 5.82 Å². The summed E-state index contributed by atoms with van der Waals surface area (Å²) in [6, 6.07) is 16.9. The molecular weight excluding hydrogens is 364 g/mol. The number of hydrogen-bond acceptors (Lipinski definition) is 3. The molecule has 0 radical (unpaired) electrons. The molecule has 0 saturated heterocycles. The molecule has 2 aromatic carbocycles. The highest BCUT2D eigenvalue weighted by Gasteiger charge is 2.23. The zero-order chi connectivity index (χ0) is 20.2. The quantitative estimate of drug-likeness (QED) is 0.660. The van der Waals surface area contributed by atoms with Gasteiger partial charge in [0, 0.05) is 24.3 Å². The molecule has 6 nitrogen and oxygen atoms in total. The Bertz CT molecular complexity index is 1070. The maximum atomic E-state index is 12.6. The zero-order valence-corrected chi connectivity index (χ0v) is 16.2. The number of fused-ring (bicyclic) bond motifs is 1. The molecule has 0 spiro atoms. The van der Waals surface area contributed by atoms with Crippen molar-refractivity contribution in [3.8, 4) is 5.69 Å². The number of hydrogen-bond donors (Lipinski definition) is 2. The predicted octanol–water partition coefficient (Wildman–Crippen LogP) is 3.37. The molecule has 1 aromatic heterocycles. The second-order valence-electron chi connectivity index (χ2n) is 6.90. The van der Waals surface area contributed by atoms with Crippen molar-refractivity contribution in [3.05, 3.63) is 83.1 Å².